The maximum atomic E-state index is 13.3. The number of rotatable bonds is 4. The lowest BCUT2D eigenvalue weighted by Crippen LogP contribution is -2.47. The lowest BCUT2D eigenvalue weighted by molar-refractivity contribution is -0.126. The monoisotopic (exact) mass is 513 g/mol. The zero-order valence-corrected chi connectivity index (χ0v) is 22.2. The molecule has 38 heavy (non-hydrogen) atoms. The summed E-state index contributed by atoms with van der Waals surface area (Å²) in [4.78, 5) is 33.0. The van der Waals surface area contributed by atoms with Gasteiger partial charge in [-0.2, -0.15) is 0 Å². The predicted molar refractivity (Wildman–Crippen MR) is 145 cm³/mol. The fraction of sp³-hybridized carbons (Fsp3) is 0.452. The van der Waals surface area contributed by atoms with Crippen LogP contribution < -0.4 is 10.1 Å². The fourth-order valence-corrected chi connectivity index (χ4v) is 6.51. The van der Waals surface area contributed by atoms with E-state index in [4.69, 9.17) is 9.47 Å². The van der Waals surface area contributed by atoms with Gasteiger partial charge in [0, 0.05) is 24.4 Å². The number of piperidine rings is 1. The molecule has 3 aliphatic rings. The first-order chi connectivity index (χ1) is 18.4. The third-order valence-corrected chi connectivity index (χ3v) is 8.69. The Balaban J connectivity index is 1.05. The summed E-state index contributed by atoms with van der Waals surface area (Å²) in [6, 6.07) is 16.0. The van der Waals surface area contributed by atoms with Crippen LogP contribution in [0.1, 0.15) is 52.9 Å². The van der Waals surface area contributed by atoms with Crippen molar-refractivity contribution in [3.8, 4) is 5.75 Å². The van der Waals surface area contributed by atoms with Crippen molar-refractivity contribution in [2.45, 2.75) is 57.1 Å². The van der Waals surface area contributed by atoms with Gasteiger partial charge in [-0.15, -0.1) is 0 Å². The summed E-state index contributed by atoms with van der Waals surface area (Å²) in [7, 11) is 1.69. The van der Waals surface area contributed by atoms with Gasteiger partial charge in [0.25, 0.3) is 5.91 Å². The van der Waals surface area contributed by atoms with E-state index in [1.165, 1.54) is 5.56 Å². The minimum Gasteiger partial charge on any atom is -0.496 e. The van der Waals surface area contributed by atoms with Gasteiger partial charge < -0.3 is 19.7 Å². The largest absolute Gasteiger partial charge is 0.496 e. The molecule has 2 aliphatic heterocycles. The molecule has 2 aromatic carbocycles. The van der Waals surface area contributed by atoms with E-state index in [2.05, 4.69) is 16.4 Å². The predicted octanol–water partition coefficient (Wildman–Crippen LogP) is 4.24. The summed E-state index contributed by atoms with van der Waals surface area (Å²) < 4.78 is 11.8. The van der Waals surface area contributed by atoms with E-state index >= 15 is 0 Å². The molecule has 198 valence electrons. The molecule has 1 spiro atoms. The molecule has 3 heterocycles. The molecule has 2 atom stereocenters. The zero-order chi connectivity index (χ0) is 26.3. The smallest absolute Gasteiger partial charge is 0.272 e. The topological polar surface area (TPSA) is 80.8 Å². The standard InChI is InChI=1S/C31H35N3O4/c1-20-16-27(33-26-8-4-3-7-24(20)26)30(36)34-14-12-31(13-15-34)18-23(19-38-31)32-29(35)22-11-10-21-6-5-9-28(37-2)25(21)17-22/h3-9,16,22-23H,10-15,17-19H2,1-2H3,(H,32,35). The van der Waals surface area contributed by atoms with Gasteiger partial charge in [-0.05, 0) is 80.3 Å². The molecule has 1 N–H and O–H groups in total. The van der Waals surface area contributed by atoms with Crippen molar-refractivity contribution in [1.82, 2.24) is 15.2 Å². The van der Waals surface area contributed by atoms with E-state index in [0.29, 0.717) is 31.8 Å². The number of hydrogen-bond donors (Lipinski definition) is 1. The third-order valence-electron chi connectivity index (χ3n) is 8.69. The summed E-state index contributed by atoms with van der Waals surface area (Å²) in [5.41, 5.74) is 4.58. The maximum Gasteiger partial charge on any atom is 0.272 e. The number of methoxy groups -OCH3 is 1. The van der Waals surface area contributed by atoms with Crippen LogP contribution >= 0.6 is 0 Å². The van der Waals surface area contributed by atoms with E-state index in [9.17, 15) is 9.59 Å². The first-order valence-electron chi connectivity index (χ1n) is 13.7. The van der Waals surface area contributed by atoms with Crippen molar-refractivity contribution >= 4 is 22.7 Å². The second-order valence-electron chi connectivity index (χ2n) is 11.1. The van der Waals surface area contributed by atoms with E-state index in [0.717, 1.165) is 59.9 Å². The summed E-state index contributed by atoms with van der Waals surface area (Å²) in [6.07, 6.45) is 4.79. The average Bonchev–Trinajstić information content (AvgIpc) is 3.33. The molecule has 1 aliphatic carbocycles. The Morgan fingerprint density at radius 3 is 2.76 bits per heavy atom. The SMILES string of the molecule is COc1cccc2c1CC(C(=O)NC1COC3(CCN(C(=O)c4cc(C)c5ccccc5n4)CC3)C1)CC2. The van der Waals surface area contributed by atoms with Gasteiger partial charge in [-0.25, -0.2) is 4.98 Å². The number of ether oxygens (including phenoxy) is 2. The molecule has 2 amide bonds. The average molecular weight is 514 g/mol. The Bertz CT molecular complexity index is 1360. The Hall–Kier alpha value is -3.45. The first kappa shape index (κ1) is 24.9. The number of nitrogens with zero attached hydrogens (tertiary/aromatic N) is 2. The Labute approximate surface area is 223 Å². The van der Waals surface area contributed by atoms with E-state index in [1.807, 2.05) is 54.3 Å². The number of benzene rings is 2. The lowest BCUT2D eigenvalue weighted by atomic mass is 9.82. The number of nitrogens with one attached hydrogen (secondary N) is 1. The Kier molecular flexibility index (Phi) is 6.56. The number of amides is 2. The Morgan fingerprint density at radius 2 is 1.95 bits per heavy atom. The van der Waals surface area contributed by atoms with Crippen molar-refractivity contribution in [2.75, 3.05) is 26.8 Å². The molecule has 1 aromatic heterocycles. The maximum absolute atomic E-state index is 13.3. The summed E-state index contributed by atoms with van der Waals surface area (Å²) in [6.45, 7) is 3.81. The van der Waals surface area contributed by atoms with Crippen LogP contribution in [0, 0.1) is 12.8 Å². The highest BCUT2D eigenvalue weighted by molar-refractivity contribution is 5.96. The molecule has 0 bridgehead atoms. The molecule has 2 unspecified atom stereocenters. The minimum atomic E-state index is -0.274. The molecule has 2 saturated heterocycles. The molecule has 7 nitrogen and oxygen atoms in total. The Morgan fingerprint density at radius 1 is 1.13 bits per heavy atom. The highest BCUT2D eigenvalue weighted by Crippen LogP contribution is 2.37. The fourth-order valence-electron chi connectivity index (χ4n) is 6.51. The number of carbonyl (C=O) groups is 2. The third kappa shape index (κ3) is 4.64. The number of pyridine rings is 1. The van der Waals surface area contributed by atoms with Crippen molar-refractivity contribution in [2.24, 2.45) is 5.92 Å². The molecule has 2 fully saturated rings. The van der Waals surface area contributed by atoms with Crippen LogP contribution in [-0.4, -0.2) is 60.1 Å². The second-order valence-corrected chi connectivity index (χ2v) is 11.1. The van der Waals surface area contributed by atoms with Gasteiger partial charge in [0.05, 0.1) is 30.9 Å². The van der Waals surface area contributed by atoms with E-state index < -0.39 is 0 Å². The van der Waals surface area contributed by atoms with Crippen LogP contribution in [0.25, 0.3) is 10.9 Å². The second kappa shape index (κ2) is 10.0. The van der Waals surface area contributed by atoms with Crippen molar-refractivity contribution in [3.63, 3.8) is 0 Å². The molecule has 6 rings (SSSR count). The summed E-state index contributed by atoms with van der Waals surface area (Å²) in [5, 5.41) is 4.35. The van der Waals surface area contributed by atoms with Crippen LogP contribution in [0.5, 0.6) is 5.75 Å². The summed E-state index contributed by atoms with van der Waals surface area (Å²) in [5.74, 6) is 0.911. The van der Waals surface area contributed by atoms with Gasteiger partial charge in [-0.3, -0.25) is 9.59 Å². The van der Waals surface area contributed by atoms with Crippen molar-refractivity contribution in [3.05, 3.63) is 70.9 Å². The minimum absolute atomic E-state index is 0.00798. The van der Waals surface area contributed by atoms with E-state index in [1.54, 1.807) is 7.11 Å². The number of hydrogen-bond acceptors (Lipinski definition) is 5. The first-order valence-corrected chi connectivity index (χ1v) is 13.7. The van der Waals surface area contributed by atoms with Crippen LogP contribution in [-0.2, 0) is 22.4 Å². The number of carbonyl (C=O) groups excluding carboxylic acids is 2. The van der Waals surface area contributed by atoms with Crippen LogP contribution in [0.4, 0.5) is 0 Å². The number of likely N-dealkylation sites (tertiary alicyclic amines) is 1. The summed E-state index contributed by atoms with van der Waals surface area (Å²) >= 11 is 0. The molecular formula is C31H35N3O4. The molecule has 0 saturated carbocycles. The number of aryl methyl sites for hydroxylation is 2. The van der Waals surface area contributed by atoms with Crippen LogP contribution in [0.2, 0.25) is 0 Å². The highest BCUT2D eigenvalue weighted by atomic mass is 16.5. The molecule has 7 heteroatoms. The van der Waals surface area contributed by atoms with Gasteiger partial charge in [0.15, 0.2) is 0 Å². The van der Waals surface area contributed by atoms with Gasteiger partial charge in [-0.1, -0.05) is 30.3 Å². The number of aromatic nitrogens is 1. The number of fused-ring (bicyclic) bond motifs is 2. The van der Waals surface area contributed by atoms with Crippen LogP contribution in [0.15, 0.2) is 48.5 Å². The van der Waals surface area contributed by atoms with Gasteiger partial charge in [0.1, 0.15) is 11.4 Å². The molecule has 3 aromatic rings. The van der Waals surface area contributed by atoms with Crippen molar-refractivity contribution in [1.29, 1.82) is 0 Å². The van der Waals surface area contributed by atoms with Crippen LogP contribution in [0.3, 0.4) is 0 Å². The highest BCUT2D eigenvalue weighted by Gasteiger charge is 2.44. The lowest BCUT2D eigenvalue weighted by Gasteiger charge is -2.38. The van der Waals surface area contributed by atoms with Gasteiger partial charge in [0.2, 0.25) is 5.91 Å². The quantitative estimate of drug-likeness (QED) is 0.565. The number of para-hydroxylation sites is 1. The van der Waals surface area contributed by atoms with Crippen molar-refractivity contribution < 1.29 is 19.1 Å². The molecule has 0 radical (unpaired) electrons. The zero-order valence-electron chi connectivity index (χ0n) is 22.2. The van der Waals surface area contributed by atoms with E-state index in [-0.39, 0.29) is 29.4 Å². The normalized spacial score (nSPS) is 22.3. The van der Waals surface area contributed by atoms with Gasteiger partial charge >= 0.3 is 0 Å². The molecular weight excluding hydrogens is 478 g/mol.